The number of benzene rings is 2. The molecule has 0 spiro atoms. The molecular formula is C30H42ClN3O5S. The summed E-state index contributed by atoms with van der Waals surface area (Å²) in [6.45, 7) is 2.43. The maximum atomic E-state index is 13.6. The fourth-order valence-corrected chi connectivity index (χ4v) is 6.46. The van der Waals surface area contributed by atoms with Gasteiger partial charge in [-0.3, -0.25) is 13.9 Å². The monoisotopic (exact) mass is 591 g/mol. The van der Waals surface area contributed by atoms with Crippen LogP contribution in [0.2, 0.25) is 5.02 Å². The van der Waals surface area contributed by atoms with Gasteiger partial charge >= 0.3 is 0 Å². The van der Waals surface area contributed by atoms with Crippen molar-refractivity contribution in [3.8, 4) is 5.75 Å². The van der Waals surface area contributed by atoms with Crippen molar-refractivity contribution in [3.05, 3.63) is 59.1 Å². The Morgan fingerprint density at radius 2 is 1.77 bits per heavy atom. The van der Waals surface area contributed by atoms with Gasteiger partial charge in [0.2, 0.25) is 21.8 Å². The van der Waals surface area contributed by atoms with E-state index < -0.39 is 16.1 Å². The number of rotatable bonds is 14. The molecule has 2 amide bonds. The Kier molecular flexibility index (Phi) is 12.1. The van der Waals surface area contributed by atoms with Crippen LogP contribution in [0.25, 0.3) is 0 Å². The van der Waals surface area contributed by atoms with Crippen molar-refractivity contribution in [3.63, 3.8) is 0 Å². The summed E-state index contributed by atoms with van der Waals surface area (Å²) >= 11 is 6.24. The van der Waals surface area contributed by atoms with Gasteiger partial charge in [-0.25, -0.2) is 8.42 Å². The van der Waals surface area contributed by atoms with Crippen LogP contribution in [0, 0.1) is 0 Å². The highest BCUT2D eigenvalue weighted by Crippen LogP contribution is 2.30. The summed E-state index contributed by atoms with van der Waals surface area (Å²) in [5.74, 6) is 0.171. The van der Waals surface area contributed by atoms with E-state index in [-0.39, 0.29) is 37.2 Å². The first kappa shape index (κ1) is 31.7. The fourth-order valence-electron chi connectivity index (χ4n) is 5.25. The van der Waals surface area contributed by atoms with Crippen LogP contribution in [0.3, 0.4) is 0 Å². The lowest BCUT2D eigenvalue weighted by Crippen LogP contribution is -2.52. The van der Waals surface area contributed by atoms with E-state index in [2.05, 4.69) is 5.32 Å². The summed E-state index contributed by atoms with van der Waals surface area (Å²) < 4.78 is 31.6. The van der Waals surface area contributed by atoms with Crippen LogP contribution in [0.5, 0.6) is 5.75 Å². The highest BCUT2D eigenvalue weighted by atomic mass is 35.5. The maximum Gasteiger partial charge on any atom is 0.243 e. The molecule has 0 aliphatic heterocycles. The smallest absolute Gasteiger partial charge is 0.243 e. The Morgan fingerprint density at radius 3 is 2.38 bits per heavy atom. The molecule has 1 saturated carbocycles. The molecule has 1 fully saturated rings. The first-order chi connectivity index (χ1) is 19.1. The number of methoxy groups -OCH3 is 1. The van der Waals surface area contributed by atoms with Gasteiger partial charge in [0.1, 0.15) is 11.8 Å². The van der Waals surface area contributed by atoms with Crippen molar-refractivity contribution < 1.29 is 22.7 Å². The van der Waals surface area contributed by atoms with Crippen molar-refractivity contribution >= 4 is 39.1 Å². The lowest BCUT2D eigenvalue weighted by Gasteiger charge is -2.33. The molecule has 1 aliphatic carbocycles. The summed E-state index contributed by atoms with van der Waals surface area (Å²) in [6.07, 6.45) is 7.99. The largest absolute Gasteiger partial charge is 0.495 e. The van der Waals surface area contributed by atoms with Gasteiger partial charge in [-0.05, 0) is 55.9 Å². The number of sulfonamides is 1. The molecule has 40 heavy (non-hydrogen) atoms. The number of ether oxygens (including phenoxy) is 1. The van der Waals surface area contributed by atoms with Gasteiger partial charge in [0.25, 0.3) is 0 Å². The van der Waals surface area contributed by atoms with Gasteiger partial charge in [0.05, 0.1) is 24.1 Å². The Labute approximate surface area is 244 Å². The average molecular weight is 592 g/mol. The summed E-state index contributed by atoms with van der Waals surface area (Å²) in [6, 6.07) is 14.2. The van der Waals surface area contributed by atoms with Crippen molar-refractivity contribution in [2.75, 3.05) is 30.8 Å². The number of amides is 2. The first-order valence-electron chi connectivity index (χ1n) is 14.1. The van der Waals surface area contributed by atoms with Gasteiger partial charge in [-0.15, -0.1) is 0 Å². The van der Waals surface area contributed by atoms with Gasteiger partial charge in [0.15, 0.2) is 0 Å². The van der Waals surface area contributed by atoms with Crippen molar-refractivity contribution in [2.24, 2.45) is 0 Å². The number of carbonyl (C=O) groups excluding carboxylic acids is 2. The number of nitrogens with zero attached hydrogens (tertiary/aromatic N) is 2. The fraction of sp³-hybridized carbons (Fsp3) is 0.533. The summed E-state index contributed by atoms with van der Waals surface area (Å²) in [4.78, 5) is 28.7. The summed E-state index contributed by atoms with van der Waals surface area (Å²) in [7, 11) is -2.14. The quantitative estimate of drug-likeness (QED) is 0.326. The van der Waals surface area contributed by atoms with Crippen LogP contribution >= 0.6 is 11.6 Å². The third-order valence-electron chi connectivity index (χ3n) is 7.40. The molecule has 3 rings (SSSR count). The van der Waals surface area contributed by atoms with Crippen molar-refractivity contribution in [1.82, 2.24) is 10.2 Å². The number of carbonyl (C=O) groups is 2. The zero-order valence-corrected chi connectivity index (χ0v) is 25.3. The van der Waals surface area contributed by atoms with Crippen LogP contribution in [0.1, 0.15) is 63.9 Å². The lowest BCUT2D eigenvalue weighted by molar-refractivity contribution is -0.141. The van der Waals surface area contributed by atoms with Gasteiger partial charge < -0.3 is 15.0 Å². The lowest BCUT2D eigenvalue weighted by atomic mass is 9.95. The molecule has 0 heterocycles. The number of nitrogens with one attached hydrogen (secondary N) is 1. The normalized spacial score (nSPS) is 14.8. The highest BCUT2D eigenvalue weighted by molar-refractivity contribution is 7.92. The topological polar surface area (TPSA) is 96.0 Å². The molecule has 0 bridgehead atoms. The second-order valence-electron chi connectivity index (χ2n) is 10.3. The van der Waals surface area contributed by atoms with E-state index in [0.29, 0.717) is 35.8 Å². The summed E-state index contributed by atoms with van der Waals surface area (Å²) in [5, 5.41) is 3.49. The minimum atomic E-state index is -3.62. The van der Waals surface area contributed by atoms with E-state index in [1.54, 1.807) is 17.0 Å². The first-order valence-corrected chi connectivity index (χ1v) is 16.3. The Bertz CT molecular complexity index is 1220. The molecule has 0 aromatic heterocycles. The predicted molar refractivity (Wildman–Crippen MR) is 160 cm³/mol. The molecular weight excluding hydrogens is 550 g/mol. The molecule has 0 radical (unpaired) electrons. The third kappa shape index (κ3) is 9.13. The number of anilines is 1. The molecule has 1 atom stereocenters. The van der Waals surface area contributed by atoms with Crippen LogP contribution in [0.15, 0.2) is 48.5 Å². The molecule has 8 nitrogen and oxygen atoms in total. The van der Waals surface area contributed by atoms with Crippen LogP contribution in [-0.4, -0.2) is 63.7 Å². The van der Waals surface area contributed by atoms with E-state index in [1.807, 2.05) is 37.3 Å². The van der Waals surface area contributed by atoms with Crippen LogP contribution in [-0.2, 0) is 26.0 Å². The predicted octanol–water partition coefficient (Wildman–Crippen LogP) is 5.19. The molecule has 0 saturated heterocycles. The van der Waals surface area contributed by atoms with Gasteiger partial charge in [0, 0.05) is 25.6 Å². The highest BCUT2D eigenvalue weighted by Gasteiger charge is 2.30. The second kappa shape index (κ2) is 15.3. The Morgan fingerprint density at radius 1 is 1.07 bits per heavy atom. The van der Waals surface area contributed by atoms with E-state index in [9.17, 15) is 18.0 Å². The molecule has 220 valence electrons. The molecule has 2 aromatic carbocycles. The SMILES string of the molecule is CC[C@@H](C(=O)NC1CCCCC1)N(CCc1ccccc1)C(=O)CCCN(c1ccc(OC)c(Cl)c1)S(C)(=O)=O. The molecule has 0 unspecified atom stereocenters. The number of hydrogen-bond donors (Lipinski definition) is 1. The molecule has 1 aliphatic rings. The van der Waals surface area contributed by atoms with Crippen molar-refractivity contribution in [1.29, 1.82) is 0 Å². The van der Waals surface area contributed by atoms with Gasteiger partial charge in [-0.2, -0.15) is 0 Å². The zero-order chi connectivity index (χ0) is 29.1. The number of hydrogen-bond acceptors (Lipinski definition) is 5. The summed E-state index contributed by atoms with van der Waals surface area (Å²) in [5.41, 5.74) is 1.49. The Balaban J connectivity index is 1.72. The van der Waals surface area contributed by atoms with Crippen molar-refractivity contribution in [2.45, 2.75) is 76.8 Å². The van der Waals surface area contributed by atoms with Crippen LogP contribution < -0.4 is 14.4 Å². The van der Waals surface area contributed by atoms with E-state index >= 15 is 0 Å². The average Bonchev–Trinajstić information content (AvgIpc) is 2.93. The number of halogens is 1. The van der Waals surface area contributed by atoms with Gasteiger partial charge in [-0.1, -0.05) is 68.1 Å². The molecule has 2 aromatic rings. The second-order valence-corrected chi connectivity index (χ2v) is 12.7. The van der Waals surface area contributed by atoms with E-state index in [0.717, 1.165) is 37.5 Å². The zero-order valence-electron chi connectivity index (χ0n) is 23.8. The van der Waals surface area contributed by atoms with E-state index in [4.69, 9.17) is 16.3 Å². The third-order valence-corrected chi connectivity index (χ3v) is 8.89. The van der Waals surface area contributed by atoms with E-state index in [1.165, 1.54) is 23.9 Å². The molecule has 10 heteroatoms. The minimum absolute atomic E-state index is 0.102. The molecule has 1 N–H and O–H groups in total. The minimum Gasteiger partial charge on any atom is -0.495 e. The standard InChI is InChI=1S/C30H42ClN3O5S/c1-4-27(30(36)32-24-14-9-6-10-15-24)33(21-19-23-12-7-5-8-13-23)29(35)16-11-20-34(40(3,37)38)25-17-18-28(39-2)26(31)22-25/h5,7-8,12-13,17-18,22,24,27H,4,6,9-11,14-16,19-21H2,1-3H3,(H,32,36)/t27-/m0/s1. The van der Waals surface area contributed by atoms with Crippen LogP contribution in [0.4, 0.5) is 5.69 Å². The Hall–Kier alpha value is -2.78. The maximum absolute atomic E-state index is 13.6.